The van der Waals surface area contributed by atoms with Crippen LogP contribution in [-0.2, 0) is 14.3 Å². The van der Waals surface area contributed by atoms with E-state index in [1.807, 2.05) is 13.0 Å². The second-order valence-electron chi connectivity index (χ2n) is 4.55. The second kappa shape index (κ2) is 7.29. The van der Waals surface area contributed by atoms with Crippen LogP contribution in [0.2, 0.25) is 5.02 Å². The fourth-order valence-corrected chi connectivity index (χ4v) is 2.21. The van der Waals surface area contributed by atoms with E-state index in [1.165, 1.54) is 0 Å². The summed E-state index contributed by atoms with van der Waals surface area (Å²) < 4.78 is 11.2. The summed E-state index contributed by atoms with van der Waals surface area (Å²) >= 11 is 9.32. The number of methoxy groups -OCH3 is 1. The molecule has 0 amide bonds. The zero-order valence-corrected chi connectivity index (χ0v) is 14.3. The van der Waals surface area contributed by atoms with E-state index in [0.29, 0.717) is 11.6 Å². The van der Waals surface area contributed by atoms with E-state index < -0.39 is 5.54 Å². The number of hydrogen-bond donors (Lipinski definition) is 1. The maximum atomic E-state index is 12.2. The maximum Gasteiger partial charge on any atom is 0.334 e. The minimum Gasteiger partial charge on any atom is -0.464 e. The summed E-state index contributed by atoms with van der Waals surface area (Å²) in [5.74, 6) is -0.361. The number of esters is 1. The highest BCUT2D eigenvalue weighted by atomic mass is 79.9. The normalized spacial score (nSPS) is 15.3. The smallest absolute Gasteiger partial charge is 0.334 e. The third-order valence-electron chi connectivity index (χ3n) is 3.19. The van der Waals surface area contributed by atoms with Crippen molar-refractivity contribution in [3.05, 3.63) is 27.7 Å². The van der Waals surface area contributed by atoms with Crippen LogP contribution in [0.25, 0.3) is 0 Å². The third kappa shape index (κ3) is 3.87. The van der Waals surface area contributed by atoms with Crippen molar-refractivity contribution < 1.29 is 14.3 Å². The molecule has 4 nitrogen and oxygen atoms in total. The fraction of sp³-hybridized carbons (Fsp3) is 0.500. The molecule has 20 heavy (non-hydrogen) atoms. The predicted molar refractivity (Wildman–Crippen MR) is 84.3 cm³/mol. The molecule has 0 saturated carbocycles. The van der Waals surface area contributed by atoms with Gasteiger partial charge in [-0.3, -0.25) is 0 Å². The predicted octanol–water partition coefficient (Wildman–Crippen LogP) is 3.87. The zero-order valence-electron chi connectivity index (χ0n) is 12.0. The summed E-state index contributed by atoms with van der Waals surface area (Å²) in [6, 6.07) is 5.35. The lowest BCUT2D eigenvalue weighted by Crippen LogP contribution is -2.53. The molecule has 0 radical (unpaired) electrons. The number of carbonyl (C=O) groups excluding carboxylic acids is 1. The number of rotatable bonds is 6. The van der Waals surface area contributed by atoms with Gasteiger partial charge in [-0.25, -0.2) is 4.79 Å². The van der Waals surface area contributed by atoms with Gasteiger partial charge in [0.25, 0.3) is 0 Å². The van der Waals surface area contributed by atoms with E-state index in [-0.39, 0.29) is 12.1 Å². The van der Waals surface area contributed by atoms with Crippen molar-refractivity contribution in [3.63, 3.8) is 0 Å². The Kier molecular flexibility index (Phi) is 6.30. The highest BCUT2D eigenvalue weighted by Gasteiger charge is 2.41. The number of halogens is 2. The second-order valence-corrected chi connectivity index (χ2v) is 5.82. The van der Waals surface area contributed by atoms with Gasteiger partial charge in [-0.1, -0.05) is 11.6 Å². The molecule has 1 aromatic carbocycles. The van der Waals surface area contributed by atoms with E-state index in [4.69, 9.17) is 21.1 Å². The first kappa shape index (κ1) is 17.3. The highest BCUT2D eigenvalue weighted by molar-refractivity contribution is 9.10. The molecule has 0 aliphatic heterocycles. The summed E-state index contributed by atoms with van der Waals surface area (Å²) in [6.45, 7) is 5.65. The molecular weight excluding hydrogens is 346 g/mol. The Labute approximate surface area is 132 Å². The van der Waals surface area contributed by atoms with Gasteiger partial charge in [0.15, 0.2) is 5.54 Å². The molecule has 0 aliphatic carbocycles. The Balaban J connectivity index is 3.05. The summed E-state index contributed by atoms with van der Waals surface area (Å²) in [5, 5.41) is 3.78. The van der Waals surface area contributed by atoms with E-state index in [9.17, 15) is 4.79 Å². The van der Waals surface area contributed by atoms with E-state index >= 15 is 0 Å². The number of ether oxygens (including phenoxy) is 2. The van der Waals surface area contributed by atoms with Crippen LogP contribution >= 0.6 is 27.5 Å². The van der Waals surface area contributed by atoms with Crippen LogP contribution in [0.4, 0.5) is 5.69 Å². The molecule has 1 N–H and O–H groups in total. The first-order chi connectivity index (χ1) is 9.35. The van der Waals surface area contributed by atoms with Crippen LogP contribution in [0.1, 0.15) is 20.8 Å². The molecule has 1 aromatic rings. The lowest BCUT2D eigenvalue weighted by Gasteiger charge is -2.34. The Morgan fingerprint density at radius 3 is 2.70 bits per heavy atom. The molecule has 0 saturated heterocycles. The number of anilines is 1. The average Bonchev–Trinajstić information content (AvgIpc) is 2.42. The monoisotopic (exact) mass is 363 g/mol. The van der Waals surface area contributed by atoms with Gasteiger partial charge in [-0.2, -0.15) is 0 Å². The summed E-state index contributed by atoms with van der Waals surface area (Å²) in [4.78, 5) is 12.2. The first-order valence-corrected chi connectivity index (χ1v) is 7.45. The number of nitrogens with one attached hydrogen (secondary N) is 1. The number of hydrogen-bond acceptors (Lipinski definition) is 4. The quantitative estimate of drug-likeness (QED) is 0.778. The topological polar surface area (TPSA) is 47.6 Å². The van der Waals surface area contributed by atoms with Gasteiger partial charge in [0.2, 0.25) is 0 Å². The Hall–Kier alpha value is -0.780. The van der Waals surface area contributed by atoms with Crippen molar-refractivity contribution in [3.8, 4) is 0 Å². The van der Waals surface area contributed by atoms with Gasteiger partial charge in [0.1, 0.15) is 0 Å². The van der Waals surface area contributed by atoms with Crippen molar-refractivity contribution in [1.29, 1.82) is 0 Å². The van der Waals surface area contributed by atoms with Gasteiger partial charge in [0.05, 0.1) is 17.7 Å². The molecule has 2 atom stereocenters. The molecule has 0 bridgehead atoms. The Morgan fingerprint density at radius 2 is 2.20 bits per heavy atom. The highest BCUT2D eigenvalue weighted by Crippen LogP contribution is 2.29. The van der Waals surface area contributed by atoms with Gasteiger partial charge < -0.3 is 14.8 Å². The van der Waals surface area contributed by atoms with Crippen molar-refractivity contribution in [2.24, 2.45) is 0 Å². The van der Waals surface area contributed by atoms with Crippen LogP contribution in [0.3, 0.4) is 0 Å². The standard InChI is InChI=1S/C14H19BrClNO3/c1-5-20-13(18)14(3,9(2)19-4)17-10-6-7-12(16)11(15)8-10/h6-9,17H,5H2,1-4H3. The molecule has 0 fully saturated rings. The molecule has 0 aliphatic rings. The van der Waals surface area contributed by atoms with Crippen molar-refractivity contribution in [1.82, 2.24) is 0 Å². The maximum absolute atomic E-state index is 12.2. The largest absolute Gasteiger partial charge is 0.464 e. The minimum atomic E-state index is -0.988. The summed E-state index contributed by atoms with van der Waals surface area (Å²) in [5.41, 5.74) is -0.237. The SMILES string of the molecule is CCOC(=O)C(C)(Nc1ccc(Cl)c(Br)c1)C(C)OC. The third-order valence-corrected chi connectivity index (χ3v) is 4.40. The Bertz CT molecular complexity index is 483. The van der Waals surface area contributed by atoms with Crippen LogP contribution in [0.5, 0.6) is 0 Å². The first-order valence-electron chi connectivity index (χ1n) is 6.28. The Morgan fingerprint density at radius 1 is 1.55 bits per heavy atom. The lowest BCUT2D eigenvalue weighted by atomic mass is 9.95. The molecule has 0 heterocycles. The summed E-state index contributed by atoms with van der Waals surface area (Å²) in [6.07, 6.45) is -0.365. The molecule has 0 spiro atoms. The van der Waals surface area contributed by atoms with E-state index in [0.717, 1.165) is 10.2 Å². The lowest BCUT2D eigenvalue weighted by molar-refractivity contribution is -0.152. The molecular formula is C14H19BrClNO3. The van der Waals surface area contributed by atoms with E-state index in [2.05, 4.69) is 21.2 Å². The van der Waals surface area contributed by atoms with Crippen LogP contribution < -0.4 is 5.32 Å². The minimum absolute atomic E-state index is 0.316. The van der Waals surface area contributed by atoms with Gasteiger partial charge >= 0.3 is 5.97 Å². The van der Waals surface area contributed by atoms with Crippen LogP contribution in [-0.4, -0.2) is 31.3 Å². The van der Waals surface area contributed by atoms with Gasteiger partial charge in [0, 0.05) is 17.3 Å². The zero-order chi connectivity index (χ0) is 15.3. The number of benzene rings is 1. The van der Waals surface area contributed by atoms with E-state index in [1.54, 1.807) is 33.1 Å². The van der Waals surface area contributed by atoms with Crippen molar-refractivity contribution in [2.75, 3.05) is 19.0 Å². The molecule has 6 heteroatoms. The average molecular weight is 365 g/mol. The van der Waals surface area contributed by atoms with Gasteiger partial charge in [-0.05, 0) is 54.9 Å². The molecule has 0 aromatic heterocycles. The molecule has 2 unspecified atom stereocenters. The van der Waals surface area contributed by atoms with Crippen LogP contribution in [0.15, 0.2) is 22.7 Å². The number of carbonyl (C=O) groups is 1. The fourth-order valence-electron chi connectivity index (χ4n) is 1.71. The molecule has 112 valence electrons. The van der Waals surface area contributed by atoms with Gasteiger partial charge in [-0.15, -0.1) is 0 Å². The summed E-state index contributed by atoms with van der Waals surface area (Å²) in [7, 11) is 1.56. The van der Waals surface area contributed by atoms with Crippen molar-refractivity contribution in [2.45, 2.75) is 32.4 Å². The van der Waals surface area contributed by atoms with Crippen molar-refractivity contribution >= 4 is 39.2 Å². The van der Waals surface area contributed by atoms with Crippen LogP contribution in [0, 0.1) is 0 Å². The molecule has 1 rings (SSSR count).